The molecule has 154 valence electrons. The van der Waals surface area contributed by atoms with Crippen LogP contribution in [0.25, 0.3) is 11.3 Å². The number of aryl methyl sites for hydroxylation is 1. The fourth-order valence-corrected chi connectivity index (χ4v) is 3.13. The molecule has 1 aliphatic rings. The number of hydrogen-bond acceptors (Lipinski definition) is 6. The van der Waals surface area contributed by atoms with E-state index >= 15 is 0 Å². The highest BCUT2D eigenvalue weighted by Crippen LogP contribution is 2.29. The molecule has 2 N–H and O–H groups in total. The molecule has 2 aromatic rings. The van der Waals surface area contributed by atoms with Crippen molar-refractivity contribution in [3.63, 3.8) is 0 Å². The van der Waals surface area contributed by atoms with Crippen LogP contribution >= 0.6 is 11.6 Å². The summed E-state index contributed by atoms with van der Waals surface area (Å²) >= 11 is 6.01. The molecule has 0 radical (unpaired) electrons. The highest BCUT2D eigenvalue weighted by Gasteiger charge is 2.34. The summed E-state index contributed by atoms with van der Waals surface area (Å²) in [7, 11) is 1.24. The van der Waals surface area contributed by atoms with Crippen molar-refractivity contribution in [2.45, 2.75) is 25.9 Å². The van der Waals surface area contributed by atoms with E-state index in [0.29, 0.717) is 41.0 Å². The molecule has 0 saturated carbocycles. The number of carbonyl (C=O) groups excluding carboxylic acids is 2. The molecule has 0 bridgehead atoms. The van der Waals surface area contributed by atoms with Crippen LogP contribution in [-0.2, 0) is 20.8 Å². The molecule has 0 unspecified atom stereocenters. The molecule has 9 nitrogen and oxygen atoms in total. The molecular weight excluding hydrogens is 400 g/mol. The number of rotatable bonds is 5. The molecule has 2 heterocycles. The highest BCUT2D eigenvalue weighted by molar-refractivity contribution is 6.31. The molecule has 1 aliphatic heterocycles. The van der Waals surface area contributed by atoms with Crippen LogP contribution in [-0.4, -0.2) is 47.4 Å². The first-order valence-electron chi connectivity index (χ1n) is 8.83. The lowest BCUT2D eigenvalue weighted by molar-refractivity contribution is -0.131. The molecule has 10 heteroatoms. The standard InChI is InChI=1S/C19H21ClN4O5/c1-11-21-15(13-5-4-12(20)6-14(13)22-18(27)28-3)7-17(26)24(11)8-16(25)23-19(2)9-29-10-19/h4-7H,8-10H2,1-3H3,(H,22,27)(H,23,25). The van der Waals surface area contributed by atoms with Crippen molar-refractivity contribution in [2.75, 3.05) is 25.6 Å². The first kappa shape index (κ1) is 20.8. The third-order valence-electron chi connectivity index (χ3n) is 4.46. The molecule has 29 heavy (non-hydrogen) atoms. The first-order chi connectivity index (χ1) is 13.7. The summed E-state index contributed by atoms with van der Waals surface area (Å²) in [6.07, 6.45) is -0.677. The normalized spacial score (nSPS) is 14.6. The lowest BCUT2D eigenvalue weighted by Gasteiger charge is -2.38. The summed E-state index contributed by atoms with van der Waals surface area (Å²) in [6, 6.07) is 6.10. The molecule has 1 aromatic heterocycles. The van der Waals surface area contributed by atoms with Gasteiger partial charge in [0.1, 0.15) is 12.4 Å². The molecule has 3 rings (SSSR count). The lowest BCUT2D eigenvalue weighted by Crippen LogP contribution is -2.60. The minimum atomic E-state index is -0.677. The maximum Gasteiger partial charge on any atom is 0.411 e. The molecule has 1 fully saturated rings. The van der Waals surface area contributed by atoms with Gasteiger partial charge in [0.15, 0.2) is 0 Å². The van der Waals surface area contributed by atoms with Gasteiger partial charge in [-0.3, -0.25) is 19.5 Å². The second-order valence-corrected chi connectivity index (χ2v) is 7.46. The van der Waals surface area contributed by atoms with Gasteiger partial charge < -0.3 is 14.8 Å². The lowest BCUT2D eigenvalue weighted by atomic mass is 10.0. The van der Waals surface area contributed by atoms with E-state index in [1.165, 1.54) is 23.8 Å². The largest absolute Gasteiger partial charge is 0.453 e. The number of anilines is 1. The average Bonchev–Trinajstić information content (AvgIpc) is 2.63. The number of methoxy groups -OCH3 is 1. The fraction of sp³-hybridized carbons (Fsp3) is 0.368. The number of ether oxygens (including phenoxy) is 2. The van der Waals surface area contributed by atoms with Crippen LogP contribution in [0.1, 0.15) is 12.7 Å². The van der Waals surface area contributed by atoms with Crippen LogP contribution in [0.3, 0.4) is 0 Å². The summed E-state index contributed by atoms with van der Waals surface area (Å²) in [5.41, 5.74) is 0.391. The zero-order valence-corrected chi connectivity index (χ0v) is 17.0. The number of aromatic nitrogens is 2. The van der Waals surface area contributed by atoms with Crippen LogP contribution in [0.15, 0.2) is 29.1 Å². The fourth-order valence-electron chi connectivity index (χ4n) is 2.96. The second-order valence-electron chi connectivity index (χ2n) is 7.02. The zero-order valence-electron chi connectivity index (χ0n) is 16.2. The molecule has 0 spiro atoms. The van der Waals surface area contributed by atoms with Crippen molar-refractivity contribution in [3.8, 4) is 11.3 Å². The highest BCUT2D eigenvalue weighted by atomic mass is 35.5. The van der Waals surface area contributed by atoms with Crippen LogP contribution in [0.2, 0.25) is 5.02 Å². The molecular formula is C19H21ClN4O5. The number of hydrogen-bond donors (Lipinski definition) is 2. The van der Waals surface area contributed by atoms with Gasteiger partial charge in [-0.05, 0) is 32.0 Å². The van der Waals surface area contributed by atoms with E-state index in [2.05, 4.69) is 20.4 Å². The van der Waals surface area contributed by atoms with E-state index in [0.717, 1.165) is 0 Å². The Morgan fingerprint density at radius 3 is 2.66 bits per heavy atom. The number of carbonyl (C=O) groups is 2. The summed E-state index contributed by atoms with van der Waals surface area (Å²) in [5.74, 6) is 0.0618. The van der Waals surface area contributed by atoms with Crippen LogP contribution in [0, 0.1) is 6.92 Å². The predicted molar refractivity (Wildman–Crippen MR) is 107 cm³/mol. The Kier molecular flexibility index (Phi) is 5.90. The molecule has 1 aromatic carbocycles. The molecule has 0 atom stereocenters. The Balaban J connectivity index is 1.89. The van der Waals surface area contributed by atoms with Gasteiger partial charge in [0, 0.05) is 16.7 Å². The zero-order chi connectivity index (χ0) is 21.2. The van der Waals surface area contributed by atoms with Crippen molar-refractivity contribution in [1.29, 1.82) is 0 Å². The minimum Gasteiger partial charge on any atom is -0.453 e. The number of halogens is 1. The Bertz CT molecular complexity index is 1020. The second kappa shape index (κ2) is 8.22. The van der Waals surface area contributed by atoms with Gasteiger partial charge in [-0.2, -0.15) is 0 Å². The quantitative estimate of drug-likeness (QED) is 0.764. The third-order valence-corrected chi connectivity index (χ3v) is 4.70. The van der Waals surface area contributed by atoms with Gasteiger partial charge in [-0.25, -0.2) is 9.78 Å². The Hall–Kier alpha value is -2.91. The van der Waals surface area contributed by atoms with Gasteiger partial charge in [0.2, 0.25) is 5.91 Å². The number of nitrogens with one attached hydrogen (secondary N) is 2. The van der Waals surface area contributed by atoms with E-state index in [9.17, 15) is 14.4 Å². The van der Waals surface area contributed by atoms with E-state index < -0.39 is 17.2 Å². The van der Waals surface area contributed by atoms with E-state index in [-0.39, 0.29) is 12.5 Å². The van der Waals surface area contributed by atoms with Crippen molar-refractivity contribution in [3.05, 3.63) is 45.5 Å². The van der Waals surface area contributed by atoms with Gasteiger partial charge in [0.25, 0.3) is 5.56 Å². The van der Waals surface area contributed by atoms with E-state index in [4.69, 9.17) is 16.3 Å². The summed E-state index contributed by atoms with van der Waals surface area (Å²) in [4.78, 5) is 41.0. The van der Waals surface area contributed by atoms with Gasteiger partial charge in [-0.15, -0.1) is 0 Å². The Labute approximate surface area is 172 Å². The van der Waals surface area contributed by atoms with Crippen molar-refractivity contribution in [2.24, 2.45) is 0 Å². The Morgan fingerprint density at radius 2 is 2.07 bits per heavy atom. The monoisotopic (exact) mass is 420 g/mol. The topological polar surface area (TPSA) is 112 Å². The predicted octanol–water partition coefficient (Wildman–Crippen LogP) is 1.96. The number of amides is 2. The number of nitrogens with zero attached hydrogens (tertiary/aromatic N) is 2. The van der Waals surface area contributed by atoms with Gasteiger partial charge >= 0.3 is 6.09 Å². The smallest absolute Gasteiger partial charge is 0.411 e. The van der Waals surface area contributed by atoms with E-state index in [1.807, 2.05) is 6.92 Å². The summed E-state index contributed by atoms with van der Waals surface area (Å²) in [6.45, 7) is 4.24. The van der Waals surface area contributed by atoms with E-state index in [1.54, 1.807) is 19.1 Å². The van der Waals surface area contributed by atoms with Gasteiger partial charge in [0.05, 0.1) is 37.2 Å². The van der Waals surface area contributed by atoms with Crippen molar-refractivity contribution >= 4 is 29.3 Å². The van der Waals surface area contributed by atoms with Gasteiger partial charge in [-0.1, -0.05) is 11.6 Å². The summed E-state index contributed by atoms with van der Waals surface area (Å²) in [5, 5.41) is 5.81. The van der Waals surface area contributed by atoms with Crippen LogP contribution in [0.5, 0.6) is 0 Å². The molecule has 0 aliphatic carbocycles. The minimum absolute atomic E-state index is 0.151. The SMILES string of the molecule is COC(=O)Nc1cc(Cl)ccc1-c1cc(=O)n(CC(=O)NC2(C)COC2)c(C)n1. The average molecular weight is 421 g/mol. The number of benzene rings is 1. The molecule has 2 amide bonds. The van der Waals surface area contributed by atoms with Crippen LogP contribution in [0.4, 0.5) is 10.5 Å². The molecule has 1 saturated heterocycles. The maximum absolute atomic E-state index is 12.7. The van der Waals surface area contributed by atoms with Crippen molar-refractivity contribution < 1.29 is 19.1 Å². The summed E-state index contributed by atoms with van der Waals surface area (Å²) < 4.78 is 11.0. The first-order valence-corrected chi connectivity index (χ1v) is 9.21. The Morgan fingerprint density at radius 1 is 1.34 bits per heavy atom. The van der Waals surface area contributed by atoms with Crippen LogP contribution < -0.4 is 16.2 Å². The van der Waals surface area contributed by atoms with Crippen molar-refractivity contribution in [1.82, 2.24) is 14.9 Å². The third kappa shape index (κ3) is 4.75. The maximum atomic E-state index is 12.7.